The molecule has 5 nitrogen and oxygen atoms in total. The van der Waals surface area contributed by atoms with Crippen molar-refractivity contribution in [3.63, 3.8) is 0 Å². The van der Waals surface area contributed by atoms with Crippen LogP contribution in [0.2, 0.25) is 10.0 Å². The molecule has 2 fully saturated rings. The summed E-state index contributed by atoms with van der Waals surface area (Å²) in [6.07, 6.45) is 6.32. The molecular weight excluding hydrogens is 515 g/mol. The highest BCUT2D eigenvalue weighted by Crippen LogP contribution is 2.66. The zero-order valence-electron chi connectivity index (χ0n) is 18.0. The Morgan fingerprint density at radius 3 is 2.81 bits per heavy atom. The van der Waals surface area contributed by atoms with E-state index in [2.05, 4.69) is 33.4 Å². The third kappa shape index (κ3) is 4.78. The third-order valence-corrected chi connectivity index (χ3v) is 7.82. The lowest BCUT2D eigenvalue weighted by Crippen LogP contribution is -2.22. The molecule has 0 unspecified atom stereocenters. The normalized spacial score (nSPS) is 24.2. The van der Waals surface area contributed by atoms with E-state index in [0.29, 0.717) is 31.9 Å². The Balaban J connectivity index is 1.41. The van der Waals surface area contributed by atoms with Crippen LogP contribution in [0.1, 0.15) is 43.7 Å². The minimum absolute atomic E-state index is 0.0153. The second kappa shape index (κ2) is 9.62. The first kappa shape index (κ1) is 23.4. The average Bonchev–Trinajstić information content (AvgIpc) is 3.39. The maximum absolute atomic E-state index is 12.6. The molecule has 0 aromatic heterocycles. The Kier molecular flexibility index (Phi) is 7.03. The maximum atomic E-state index is 12.6. The summed E-state index contributed by atoms with van der Waals surface area (Å²) in [7, 11) is 1.57. The maximum Gasteiger partial charge on any atom is 0.244 e. The van der Waals surface area contributed by atoms with Crippen LogP contribution in [0, 0.1) is 17.3 Å². The number of ether oxygens (including phenoxy) is 2. The minimum Gasteiger partial charge on any atom is -0.493 e. The summed E-state index contributed by atoms with van der Waals surface area (Å²) < 4.78 is 12.2. The van der Waals surface area contributed by atoms with Crippen LogP contribution < -0.4 is 14.9 Å². The molecule has 2 saturated carbocycles. The first-order valence-electron chi connectivity index (χ1n) is 10.6. The quantitative estimate of drug-likeness (QED) is 0.317. The van der Waals surface area contributed by atoms with Crippen molar-refractivity contribution in [3.8, 4) is 11.5 Å². The van der Waals surface area contributed by atoms with E-state index in [1.807, 2.05) is 12.1 Å². The molecule has 170 valence electrons. The van der Waals surface area contributed by atoms with Crippen LogP contribution >= 0.6 is 39.1 Å². The van der Waals surface area contributed by atoms with Gasteiger partial charge >= 0.3 is 0 Å². The molecule has 32 heavy (non-hydrogen) atoms. The molecule has 0 bridgehead atoms. The van der Waals surface area contributed by atoms with Crippen molar-refractivity contribution in [2.45, 2.75) is 39.2 Å². The van der Waals surface area contributed by atoms with Crippen LogP contribution in [-0.2, 0) is 11.4 Å². The van der Waals surface area contributed by atoms with Crippen molar-refractivity contribution in [2.75, 3.05) is 7.11 Å². The van der Waals surface area contributed by atoms with Crippen LogP contribution in [0.25, 0.3) is 0 Å². The second-order valence-corrected chi connectivity index (χ2v) is 10.3. The van der Waals surface area contributed by atoms with Gasteiger partial charge in [-0.2, -0.15) is 5.10 Å². The fraction of sp³-hybridized carbons (Fsp3) is 0.417. The monoisotopic (exact) mass is 538 g/mol. The highest BCUT2D eigenvalue weighted by Gasteiger charge is 2.64. The molecule has 2 aliphatic rings. The van der Waals surface area contributed by atoms with E-state index in [1.165, 1.54) is 12.8 Å². The number of hydrogen-bond acceptors (Lipinski definition) is 4. The molecule has 2 aromatic carbocycles. The molecule has 0 heterocycles. The minimum atomic E-state index is 0.0153. The average molecular weight is 540 g/mol. The second-order valence-electron chi connectivity index (χ2n) is 8.63. The summed E-state index contributed by atoms with van der Waals surface area (Å²) in [6.45, 7) is 2.48. The van der Waals surface area contributed by atoms with Crippen molar-refractivity contribution in [1.29, 1.82) is 0 Å². The Bertz CT molecular complexity index is 1060. The molecular formula is C24H25BrCl2N2O3. The Hall–Kier alpha value is -1.76. The van der Waals surface area contributed by atoms with Crippen molar-refractivity contribution >= 4 is 51.3 Å². The van der Waals surface area contributed by atoms with Crippen molar-refractivity contribution in [1.82, 2.24) is 5.43 Å². The number of hydrazone groups is 1. The zero-order valence-corrected chi connectivity index (χ0v) is 21.1. The summed E-state index contributed by atoms with van der Waals surface area (Å²) in [5.41, 5.74) is 4.47. The van der Waals surface area contributed by atoms with E-state index in [1.54, 1.807) is 31.5 Å². The van der Waals surface area contributed by atoms with Crippen LogP contribution in [-0.4, -0.2) is 19.2 Å². The molecule has 1 N–H and O–H groups in total. The summed E-state index contributed by atoms with van der Waals surface area (Å²) in [5, 5.41) is 5.29. The highest BCUT2D eigenvalue weighted by molar-refractivity contribution is 9.10. The van der Waals surface area contributed by atoms with Gasteiger partial charge in [-0.25, -0.2) is 5.43 Å². The van der Waals surface area contributed by atoms with E-state index < -0.39 is 0 Å². The number of carbonyl (C=O) groups excluding carboxylic acids is 1. The van der Waals surface area contributed by atoms with Gasteiger partial charge in [0, 0.05) is 21.5 Å². The number of benzene rings is 2. The van der Waals surface area contributed by atoms with Gasteiger partial charge in [0.25, 0.3) is 0 Å². The van der Waals surface area contributed by atoms with Gasteiger partial charge in [0.1, 0.15) is 6.61 Å². The summed E-state index contributed by atoms with van der Waals surface area (Å²) >= 11 is 15.7. The molecule has 0 spiro atoms. The lowest BCUT2D eigenvalue weighted by Gasteiger charge is -2.15. The van der Waals surface area contributed by atoms with Gasteiger partial charge in [-0.1, -0.05) is 49.0 Å². The van der Waals surface area contributed by atoms with E-state index in [0.717, 1.165) is 24.0 Å². The molecule has 2 aromatic rings. The van der Waals surface area contributed by atoms with E-state index in [-0.39, 0.29) is 23.8 Å². The number of halogens is 3. The standard InChI is InChI=1S/C24H25BrCl2N2O3/c1-24-8-4-3-5-17(24)21(24)23(30)29-28-12-14-9-18(25)22(20(10-14)31-2)32-13-15-6-7-16(26)11-19(15)27/h6-7,9-12,17,21H,3-5,8,13H2,1-2H3,(H,29,30)/b28-12+/t17-,21-,24+/m0/s1. The SMILES string of the molecule is COc1cc(/C=N/NC(=O)[C@@H]2[C@@H]3CCCC[C@@]23C)cc(Br)c1OCc1ccc(Cl)cc1Cl. The topological polar surface area (TPSA) is 59.9 Å². The zero-order chi connectivity index (χ0) is 22.9. The molecule has 0 aliphatic heterocycles. The van der Waals surface area contributed by atoms with Gasteiger partial charge in [0.2, 0.25) is 5.91 Å². The Labute approximate surface area is 206 Å². The number of hydrogen-bond donors (Lipinski definition) is 1. The lowest BCUT2D eigenvalue weighted by atomic mass is 9.90. The first-order valence-corrected chi connectivity index (χ1v) is 12.2. The van der Waals surface area contributed by atoms with E-state index in [4.69, 9.17) is 32.7 Å². The molecule has 2 aliphatic carbocycles. The smallest absolute Gasteiger partial charge is 0.244 e. The number of nitrogens with zero attached hydrogens (tertiary/aromatic N) is 1. The summed E-state index contributed by atoms with van der Waals surface area (Å²) in [4.78, 5) is 12.6. The van der Waals surface area contributed by atoms with Gasteiger partial charge in [0.05, 0.1) is 17.8 Å². The molecule has 3 atom stereocenters. The Morgan fingerprint density at radius 2 is 2.12 bits per heavy atom. The molecule has 0 saturated heterocycles. The Morgan fingerprint density at radius 1 is 1.31 bits per heavy atom. The van der Waals surface area contributed by atoms with Gasteiger partial charge in [-0.3, -0.25) is 4.79 Å². The van der Waals surface area contributed by atoms with Crippen LogP contribution in [0.3, 0.4) is 0 Å². The van der Waals surface area contributed by atoms with Gasteiger partial charge in [-0.15, -0.1) is 0 Å². The lowest BCUT2D eigenvalue weighted by molar-refractivity contribution is -0.123. The fourth-order valence-electron chi connectivity index (χ4n) is 4.83. The number of nitrogens with one attached hydrogen (secondary N) is 1. The molecule has 8 heteroatoms. The van der Waals surface area contributed by atoms with Gasteiger partial charge in [0.15, 0.2) is 11.5 Å². The number of amides is 1. The largest absolute Gasteiger partial charge is 0.493 e. The van der Waals surface area contributed by atoms with Gasteiger partial charge in [-0.05, 0) is 69.9 Å². The van der Waals surface area contributed by atoms with Crippen molar-refractivity contribution in [3.05, 3.63) is 56.0 Å². The predicted octanol–water partition coefficient (Wildman–Crippen LogP) is 6.62. The van der Waals surface area contributed by atoms with Gasteiger partial charge < -0.3 is 9.47 Å². The van der Waals surface area contributed by atoms with E-state index >= 15 is 0 Å². The third-order valence-electron chi connectivity index (χ3n) is 6.64. The summed E-state index contributed by atoms with van der Waals surface area (Å²) in [6, 6.07) is 8.93. The van der Waals surface area contributed by atoms with Crippen molar-refractivity contribution < 1.29 is 14.3 Å². The van der Waals surface area contributed by atoms with Crippen LogP contribution in [0.15, 0.2) is 39.9 Å². The molecule has 1 amide bonds. The predicted molar refractivity (Wildman–Crippen MR) is 131 cm³/mol. The number of carbonyl (C=O) groups is 1. The summed E-state index contributed by atoms with van der Waals surface area (Å²) in [5.74, 6) is 1.69. The first-order chi connectivity index (χ1) is 15.3. The highest BCUT2D eigenvalue weighted by atomic mass is 79.9. The molecule has 4 rings (SSSR count). The van der Waals surface area contributed by atoms with E-state index in [9.17, 15) is 4.79 Å². The van der Waals surface area contributed by atoms with Crippen molar-refractivity contribution in [2.24, 2.45) is 22.4 Å². The van der Waals surface area contributed by atoms with Crippen LogP contribution in [0.4, 0.5) is 0 Å². The molecule has 0 radical (unpaired) electrons. The number of methoxy groups -OCH3 is 1. The fourth-order valence-corrected chi connectivity index (χ4v) is 5.87. The number of fused-ring (bicyclic) bond motifs is 1. The van der Waals surface area contributed by atoms with Crippen LogP contribution in [0.5, 0.6) is 11.5 Å². The number of rotatable bonds is 7.